The predicted octanol–water partition coefficient (Wildman–Crippen LogP) is 3.62. The van der Waals surface area contributed by atoms with E-state index in [0.29, 0.717) is 6.04 Å². The molecule has 1 aromatic heterocycles. The van der Waals surface area contributed by atoms with Gasteiger partial charge in [0.05, 0.1) is 6.54 Å². The molecular weight excluding hydrogens is 304 g/mol. The van der Waals surface area contributed by atoms with Crippen molar-refractivity contribution in [1.29, 1.82) is 0 Å². The Bertz CT molecular complexity index is 452. The molecule has 0 spiro atoms. The smallest absolute Gasteiger partial charge is 0.191 e. The zero-order valence-corrected chi connectivity index (χ0v) is 16.3. The third kappa shape index (κ3) is 7.84. The van der Waals surface area contributed by atoms with Crippen LogP contribution >= 0.6 is 11.3 Å². The molecule has 0 fully saturated rings. The van der Waals surface area contributed by atoms with E-state index in [1.165, 1.54) is 29.8 Å². The lowest BCUT2D eigenvalue weighted by atomic mass is 10.2. The number of hydrogen-bond acceptors (Lipinski definition) is 3. The van der Waals surface area contributed by atoms with Gasteiger partial charge in [-0.25, -0.2) is 4.99 Å². The molecule has 0 aliphatic rings. The molecule has 4 nitrogen and oxygen atoms in total. The van der Waals surface area contributed by atoms with Crippen molar-refractivity contribution in [2.75, 3.05) is 26.2 Å². The molecule has 0 radical (unpaired) electrons. The number of aryl methyl sites for hydroxylation is 1. The van der Waals surface area contributed by atoms with E-state index in [4.69, 9.17) is 4.99 Å². The van der Waals surface area contributed by atoms with Crippen molar-refractivity contribution in [3.63, 3.8) is 0 Å². The molecule has 23 heavy (non-hydrogen) atoms. The number of nitrogens with one attached hydrogen (secondary N) is 2. The molecule has 0 aliphatic heterocycles. The standard InChI is InChI=1S/C18H34N4S/c1-6-19-18(20-14-17-15(4)11-13-23-17)21-16(5)10-9-12-22(7-2)8-3/h11,13,16H,6-10,12,14H2,1-5H3,(H2,19,20,21). The first-order valence-electron chi connectivity index (χ1n) is 8.90. The average molecular weight is 339 g/mol. The zero-order valence-electron chi connectivity index (χ0n) is 15.5. The first-order valence-corrected chi connectivity index (χ1v) is 9.78. The Morgan fingerprint density at radius 1 is 1.30 bits per heavy atom. The number of thiophene rings is 1. The molecule has 0 aliphatic carbocycles. The number of hydrogen-bond donors (Lipinski definition) is 2. The van der Waals surface area contributed by atoms with Crippen molar-refractivity contribution in [2.45, 2.75) is 60.0 Å². The second-order valence-electron chi connectivity index (χ2n) is 5.94. The fourth-order valence-electron chi connectivity index (χ4n) is 2.50. The van der Waals surface area contributed by atoms with Crippen LogP contribution in [0.25, 0.3) is 0 Å². The van der Waals surface area contributed by atoms with Gasteiger partial charge in [0.25, 0.3) is 0 Å². The number of nitrogens with zero attached hydrogens (tertiary/aromatic N) is 2. The zero-order chi connectivity index (χ0) is 17.1. The van der Waals surface area contributed by atoms with E-state index >= 15 is 0 Å². The first-order chi connectivity index (χ1) is 11.1. The minimum Gasteiger partial charge on any atom is -0.357 e. The summed E-state index contributed by atoms with van der Waals surface area (Å²) in [6.45, 7) is 16.1. The van der Waals surface area contributed by atoms with Gasteiger partial charge in [-0.2, -0.15) is 0 Å². The summed E-state index contributed by atoms with van der Waals surface area (Å²) in [5, 5.41) is 9.02. The van der Waals surface area contributed by atoms with Crippen molar-refractivity contribution in [3.8, 4) is 0 Å². The Balaban J connectivity index is 2.43. The molecule has 5 heteroatoms. The minimum absolute atomic E-state index is 0.438. The second-order valence-corrected chi connectivity index (χ2v) is 6.94. The van der Waals surface area contributed by atoms with Crippen molar-refractivity contribution in [3.05, 3.63) is 21.9 Å². The van der Waals surface area contributed by atoms with Crippen LogP contribution in [0.3, 0.4) is 0 Å². The molecule has 1 unspecified atom stereocenters. The van der Waals surface area contributed by atoms with Crippen LogP contribution in [0.15, 0.2) is 16.4 Å². The maximum Gasteiger partial charge on any atom is 0.191 e. The highest BCUT2D eigenvalue weighted by Gasteiger charge is 2.07. The Labute approximate surface area is 146 Å². The van der Waals surface area contributed by atoms with Gasteiger partial charge < -0.3 is 15.5 Å². The summed E-state index contributed by atoms with van der Waals surface area (Å²) < 4.78 is 0. The van der Waals surface area contributed by atoms with E-state index in [9.17, 15) is 0 Å². The quantitative estimate of drug-likeness (QED) is 0.505. The highest BCUT2D eigenvalue weighted by molar-refractivity contribution is 7.10. The van der Waals surface area contributed by atoms with Crippen molar-refractivity contribution in [1.82, 2.24) is 15.5 Å². The fraction of sp³-hybridized carbons (Fsp3) is 0.722. The van der Waals surface area contributed by atoms with Crippen LogP contribution in [-0.4, -0.2) is 43.1 Å². The van der Waals surface area contributed by atoms with E-state index < -0.39 is 0 Å². The summed E-state index contributed by atoms with van der Waals surface area (Å²) in [4.78, 5) is 8.55. The predicted molar refractivity (Wildman–Crippen MR) is 103 cm³/mol. The maximum absolute atomic E-state index is 4.73. The van der Waals surface area contributed by atoms with Crippen molar-refractivity contribution in [2.24, 2.45) is 4.99 Å². The summed E-state index contributed by atoms with van der Waals surface area (Å²) in [6, 6.07) is 2.60. The summed E-state index contributed by atoms with van der Waals surface area (Å²) in [7, 11) is 0. The van der Waals surface area contributed by atoms with Gasteiger partial charge in [-0.3, -0.25) is 0 Å². The van der Waals surface area contributed by atoms with Crippen molar-refractivity contribution < 1.29 is 0 Å². The third-order valence-electron chi connectivity index (χ3n) is 4.08. The van der Waals surface area contributed by atoms with Crippen LogP contribution in [0, 0.1) is 6.92 Å². The van der Waals surface area contributed by atoms with E-state index in [2.05, 4.69) is 61.6 Å². The Morgan fingerprint density at radius 3 is 2.61 bits per heavy atom. The number of aliphatic imine (C=N–C) groups is 1. The summed E-state index contributed by atoms with van der Waals surface area (Å²) in [5.41, 5.74) is 1.34. The van der Waals surface area contributed by atoms with E-state index in [0.717, 1.165) is 32.1 Å². The Morgan fingerprint density at radius 2 is 2.04 bits per heavy atom. The summed E-state index contributed by atoms with van der Waals surface area (Å²) in [6.07, 6.45) is 2.39. The van der Waals surface area contributed by atoms with Crippen LogP contribution in [0.2, 0.25) is 0 Å². The van der Waals surface area contributed by atoms with Crippen LogP contribution < -0.4 is 10.6 Å². The largest absolute Gasteiger partial charge is 0.357 e. The maximum atomic E-state index is 4.73. The Kier molecular flexibility index (Phi) is 9.96. The van der Waals surface area contributed by atoms with Crippen LogP contribution in [0.4, 0.5) is 0 Å². The lowest BCUT2D eigenvalue weighted by molar-refractivity contribution is 0.292. The van der Waals surface area contributed by atoms with Gasteiger partial charge in [-0.1, -0.05) is 13.8 Å². The summed E-state index contributed by atoms with van der Waals surface area (Å²) in [5.74, 6) is 0.927. The number of guanidine groups is 1. The molecule has 0 aromatic carbocycles. The molecule has 0 bridgehead atoms. The molecule has 1 heterocycles. The normalized spacial score (nSPS) is 13.4. The minimum atomic E-state index is 0.438. The summed E-state index contributed by atoms with van der Waals surface area (Å²) >= 11 is 1.78. The third-order valence-corrected chi connectivity index (χ3v) is 5.09. The van der Waals surface area contributed by atoms with Crippen LogP contribution in [-0.2, 0) is 6.54 Å². The fourth-order valence-corrected chi connectivity index (χ4v) is 3.33. The lowest BCUT2D eigenvalue weighted by Crippen LogP contribution is -2.42. The van der Waals surface area contributed by atoms with Gasteiger partial charge in [0.1, 0.15) is 0 Å². The van der Waals surface area contributed by atoms with Gasteiger partial charge in [0, 0.05) is 17.5 Å². The highest BCUT2D eigenvalue weighted by Crippen LogP contribution is 2.16. The van der Waals surface area contributed by atoms with E-state index in [1.807, 2.05) is 0 Å². The molecule has 0 saturated carbocycles. The monoisotopic (exact) mass is 338 g/mol. The topological polar surface area (TPSA) is 39.7 Å². The van der Waals surface area contributed by atoms with Crippen LogP contribution in [0.5, 0.6) is 0 Å². The van der Waals surface area contributed by atoms with Gasteiger partial charge in [-0.15, -0.1) is 11.3 Å². The highest BCUT2D eigenvalue weighted by atomic mass is 32.1. The number of rotatable bonds is 10. The SMILES string of the molecule is CCNC(=NCc1sccc1C)NC(C)CCCN(CC)CC. The molecule has 132 valence electrons. The van der Waals surface area contributed by atoms with Gasteiger partial charge in [0.15, 0.2) is 5.96 Å². The second kappa shape index (κ2) is 11.5. The first kappa shape index (κ1) is 20.0. The molecular formula is C18H34N4S. The van der Waals surface area contributed by atoms with Crippen molar-refractivity contribution >= 4 is 17.3 Å². The van der Waals surface area contributed by atoms with Crippen LogP contribution in [0.1, 0.15) is 51.0 Å². The Hall–Kier alpha value is -1.07. The van der Waals surface area contributed by atoms with Gasteiger partial charge in [0.2, 0.25) is 0 Å². The van der Waals surface area contributed by atoms with Gasteiger partial charge >= 0.3 is 0 Å². The molecule has 0 amide bonds. The van der Waals surface area contributed by atoms with E-state index in [1.54, 1.807) is 11.3 Å². The molecule has 0 saturated heterocycles. The molecule has 1 rings (SSSR count). The molecule has 1 aromatic rings. The van der Waals surface area contributed by atoms with E-state index in [-0.39, 0.29) is 0 Å². The molecule has 2 N–H and O–H groups in total. The lowest BCUT2D eigenvalue weighted by Gasteiger charge is -2.21. The molecule has 1 atom stereocenters. The average Bonchev–Trinajstić information content (AvgIpc) is 2.94. The van der Waals surface area contributed by atoms with Gasteiger partial charge in [-0.05, 0) is 70.3 Å².